The summed E-state index contributed by atoms with van der Waals surface area (Å²) < 4.78 is 19.2. The molecular formula is C16H18FN3O2. The molecule has 0 saturated carbocycles. The summed E-state index contributed by atoms with van der Waals surface area (Å²) in [5, 5.41) is 9.60. The molecule has 0 bridgehead atoms. The first-order valence-electron chi connectivity index (χ1n) is 7.15. The number of aromatic amines is 1. The van der Waals surface area contributed by atoms with Crippen LogP contribution >= 0.6 is 0 Å². The number of ether oxygens (including phenoxy) is 1. The van der Waals surface area contributed by atoms with Gasteiger partial charge in [0.1, 0.15) is 17.2 Å². The molecule has 116 valence electrons. The molecule has 2 aromatic rings. The molecule has 1 amide bonds. The van der Waals surface area contributed by atoms with Crippen LogP contribution in [-0.2, 0) is 0 Å². The molecule has 0 radical (unpaired) electrons. The number of nitrogens with zero attached hydrogens (tertiary/aromatic N) is 1. The summed E-state index contributed by atoms with van der Waals surface area (Å²) in [6.45, 7) is 5.63. The predicted molar refractivity (Wildman–Crippen MR) is 79.3 cm³/mol. The molecule has 6 heteroatoms. The minimum atomic E-state index is -0.482. The van der Waals surface area contributed by atoms with Gasteiger partial charge in [0.15, 0.2) is 0 Å². The lowest BCUT2D eigenvalue weighted by atomic mass is 9.89. The number of hydrogen-bond acceptors (Lipinski definition) is 3. The number of rotatable bonds is 2. The topological polar surface area (TPSA) is 67.0 Å². The zero-order valence-electron chi connectivity index (χ0n) is 12.7. The molecule has 2 heterocycles. The summed E-state index contributed by atoms with van der Waals surface area (Å²) in [5.74, 6) is -0.0816. The fourth-order valence-electron chi connectivity index (χ4n) is 2.77. The lowest BCUT2D eigenvalue weighted by Gasteiger charge is -2.37. The number of fused-ring (bicyclic) bond motifs is 1. The highest BCUT2D eigenvalue weighted by Crippen LogP contribution is 2.39. The van der Waals surface area contributed by atoms with Gasteiger partial charge in [0.05, 0.1) is 17.8 Å². The van der Waals surface area contributed by atoms with E-state index < -0.39 is 5.60 Å². The van der Waals surface area contributed by atoms with Crippen molar-refractivity contribution in [2.24, 2.45) is 0 Å². The van der Waals surface area contributed by atoms with Crippen LogP contribution < -0.4 is 10.1 Å². The van der Waals surface area contributed by atoms with Crippen molar-refractivity contribution >= 4 is 5.91 Å². The van der Waals surface area contributed by atoms with Crippen LogP contribution in [0.3, 0.4) is 0 Å². The molecule has 1 aromatic heterocycles. The minimum absolute atomic E-state index is 0.204. The van der Waals surface area contributed by atoms with E-state index in [4.69, 9.17) is 4.74 Å². The van der Waals surface area contributed by atoms with Crippen molar-refractivity contribution in [2.75, 3.05) is 0 Å². The van der Waals surface area contributed by atoms with E-state index in [-0.39, 0.29) is 17.8 Å². The van der Waals surface area contributed by atoms with Crippen molar-refractivity contribution in [1.29, 1.82) is 0 Å². The minimum Gasteiger partial charge on any atom is -0.487 e. The van der Waals surface area contributed by atoms with Crippen molar-refractivity contribution in [3.05, 3.63) is 47.0 Å². The normalized spacial score (nSPS) is 19.2. The first-order chi connectivity index (χ1) is 10.4. The van der Waals surface area contributed by atoms with Gasteiger partial charge >= 0.3 is 0 Å². The molecule has 1 aliphatic rings. The third-order valence-corrected chi connectivity index (χ3v) is 3.81. The zero-order chi connectivity index (χ0) is 15.9. The van der Waals surface area contributed by atoms with Crippen molar-refractivity contribution in [2.45, 2.75) is 38.8 Å². The van der Waals surface area contributed by atoms with Crippen molar-refractivity contribution in [3.63, 3.8) is 0 Å². The monoisotopic (exact) mass is 303 g/mol. The molecule has 0 aliphatic carbocycles. The van der Waals surface area contributed by atoms with E-state index in [0.29, 0.717) is 23.4 Å². The molecule has 0 spiro atoms. The summed E-state index contributed by atoms with van der Waals surface area (Å²) in [6.07, 6.45) is 2.11. The Balaban J connectivity index is 1.91. The Bertz CT molecular complexity index is 724. The second kappa shape index (κ2) is 5.12. The number of nitrogens with one attached hydrogen (secondary N) is 2. The summed E-state index contributed by atoms with van der Waals surface area (Å²) in [6, 6.07) is 4.16. The molecule has 2 N–H and O–H groups in total. The molecule has 1 unspecified atom stereocenters. The molecular weight excluding hydrogens is 285 g/mol. The number of H-pyrrole nitrogens is 1. The van der Waals surface area contributed by atoms with Crippen LogP contribution in [-0.4, -0.2) is 21.7 Å². The highest BCUT2D eigenvalue weighted by atomic mass is 19.1. The molecule has 0 saturated heterocycles. The summed E-state index contributed by atoms with van der Waals surface area (Å²) in [7, 11) is 0. The van der Waals surface area contributed by atoms with E-state index >= 15 is 0 Å². The Morgan fingerprint density at radius 1 is 1.50 bits per heavy atom. The highest BCUT2D eigenvalue weighted by Gasteiger charge is 2.35. The van der Waals surface area contributed by atoms with E-state index in [0.717, 1.165) is 5.56 Å². The van der Waals surface area contributed by atoms with Gasteiger partial charge < -0.3 is 10.1 Å². The fourth-order valence-corrected chi connectivity index (χ4v) is 2.77. The van der Waals surface area contributed by atoms with Gasteiger partial charge in [-0.3, -0.25) is 9.89 Å². The highest BCUT2D eigenvalue weighted by molar-refractivity contribution is 5.95. The molecule has 1 aliphatic heterocycles. The first-order valence-corrected chi connectivity index (χ1v) is 7.15. The number of halogens is 1. The summed E-state index contributed by atoms with van der Waals surface area (Å²) in [5.41, 5.74) is 1.52. The maximum absolute atomic E-state index is 13.4. The van der Waals surface area contributed by atoms with E-state index in [1.165, 1.54) is 18.3 Å². The van der Waals surface area contributed by atoms with Gasteiger partial charge in [-0.2, -0.15) is 5.10 Å². The first kappa shape index (κ1) is 14.6. The van der Waals surface area contributed by atoms with Crippen LogP contribution in [0, 0.1) is 12.7 Å². The molecule has 1 aromatic carbocycles. The third kappa shape index (κ3) is 2.68. The predicted octanol–water partition coefficient (Wildman–Crippen LogP) is 2.89. The number of amides is 1. The Hall–Kier alpha value is -2.37. The van der Waals surface area contributed by atoms with Crippen LogP contribution in [0.2, 0.25) is 0 Å². The van der Waals surface area contributed by atoms with Gasteiger partial charge in [-0.25, -0.2) is 4.39 Å². The van der Waals surface area contributed by atoms with E-state index in [2.05, 4.69) is 15.5 Å². The van der Waals surface area contributed by atoms with E-state index in [9.17, 15) is 9.18 Å². The Labute approximate surface area is 127 Å². The summed E-state index contributed by atoms with van der Waals surface area (Å²) >= 11 is 0. The zero-order valence-corrected chi connectivity index (χ0v) is 12.7. The standard InChI is InChI=1S/C16H18FN3O2/c1-9-12(8-18-20-9)15(21)19-13-7-16(2,3)22-14-6-10(17)4-5-11(13)14/h4-6,8,13H,7H2,1-3H3,(H,18,20)(H,19,21). The van der Waals surface area contributed by atoms with Crippen molar-refractivity contribution in [3.8, 4) is 5.75 Å². The van der Waals surface area contributed by atoms with Crippen LogP contribution in [0.25, 0.3) is 0 Å². The van der Waals surface area contributed by atoms with Crippen molar-refractivity contribution in [1.82, 2.24) is 15.5 Å². The van der Waals surface area contributed by atoms with Gasteiger partial charge in [-0.15, -0.1) is 0 Å². The van der Waals surface area contributed by atoms with Crippen molar-refractivity contribution < 1.29 is 13.9 Å². The van der Waals surface area contributed by atoms with Gasteiger partial charge in [-0.1, -0.05) is 6.07 Å². The number of aromatic nitrogens is 2. The molecule has 1 atom stereocenters. The number of carbonyl (C=O) groups is 1. The maximum Gasteiger partial charge on any atom is 0.255 e. The van der Waals surface area contributed by atoms with E-state index in [1.54, 1.807) is 13.0 Å². The number of aryl methyl sites for hydroxylation is 1. The van der Waals surface area contributed by atoms with Gasteiger partial charge in [0.2, 0.25) is 0 Å². The summed E-state index contributed by atoms with van der Waals surface area (Å²) in [4.78, 5) is 12.4. The Kier molecular flexibility index (Phi) is 3.39. The quantitative estimate of drug-likeness (QED) is 0.896. The molecule has 22 heavy (non-hydrogen) atoms. The van der Waals surface area contributed by atoms with E-state index in [1.807, 2.05) is 13.8 Å². The lowest BCUT2D eigenvalue weighted by molar-refractivity contribution is 0.0616. The molecule has 0 fully saturated rings. The SMILES string of the molecule is Cc1[nH]ncc1C(=O)NC1CC(C)(C)Oc2cc(F)ccc21. The van der Waals surface area contributed by atoms with Gasteiger partial charge in [-0.05, 0) is 26.8 Å². The van der Waals surface area contributed by atoms with Gasteiger partial charge in [0.25, 0.3) is 5.91 Å². The maximum atomic E-state index is 13.4. The second-order valence-corrected chi connectivity index (χ2v) is 6.18. The Morgan fingerprint density at radius 2 is 2.27 bits per heavy atom. The average Bonchev–Trinajstić information content (AvgIpc) is 2.83. The number of benzene rings is 1. The van der Waals surface area contributed by atoms with Crippen LogP contribution in [0.4, 0.5) is 4.39 Å². The third-order valence-electron chi connectivity index (χ3n) is 3.81. The van der Waals surface area contributed by atoms with Crippen LogP contribution in [0.5, 0.6) is 5.75 Å². The fraction of sp³-hybridized carbons (Fsp3) is 0.375. The largest absolute Gasteiger partial charge is 0.487 e. The molecule has 5 nitrogen and oxygen atoms in total. The average molecular weight is 303 g/mol. The smallest absolute Gasteiger partial charge is 0.255 e. The number of hydrogen-bond donors (Lipinski definition) is 2. The van der Waals surface area contributed by atoms with Gasteiger partial charge in [0, 0.05) is 23.7 Å². The molecule has 3 rings (SSSR count). The van der Waals surface area contributed by atoms with Crippen LogP contribution in [0.1, 0.15) is 47.9 Å². The number of carbonyl (C=O) groups excluding carboxylic acids is 1. The lowest BCUT2D eigenvalue weighted by Crippen LogP contribution is -2.41. The Morgan fingerprint density at radius 3 is 2.95 bits per heavy atom. The van der Waals surface area contributed by atoms with Crippen LogP contribution in [0.15, 0.2) is 24.4 Å². The second-order valence-electron chi connectivity index (χ2n) is 6.18.